The Labute approximate surface area is 112 Å². The van der Waals surface area contributed by atoms with Gasteiger partial charge in [0.25, 0.3) is 11.8 Å². The zero-order chi connectivity index (χ0) is 14.7. The molecule has 0 aliphatic heterocycles. The summed E-state index contributed by atoms with van der Waals surface area (Å²) in [6, 6.07) is 6.49. The van der Waals surface area contributed by atoms with Crippen LogP contribution in [0, 0.1) is 11.6 Å². The van der Waals surface area contributed by atoms with E-state index in [0.717, 1.165) is 0 Å². The van der Waals surface area contributed by atoms with Crippen LogP contribution < -0.4 is 21.7 Å². The number of aromatic nitrogens is 1. The minimum absolute atomic E-state index is 0.000907. The Bertz CT molecular complexity index is 664. The molecule has 6 nitrogen and oxygen atoms in total. The van der Waals surface area contributed by atoms with Gasteiger partial charge in [-0.1, -0.05) is 12.1 Å². The van der Waals surface area contributed by atoms with Gasteiger partial charge >= 0.3 is 0 Å². The van der Waals surface area contributed by atoms with Crippen molar-refractivity contribution in [3.05, 3.63) is 47.5 Å². The van der Waals surface area contributed by atoms with Gasteiger partial charge in [0.2, 0.25) is 0 Å². The molecule has 8 heteroatoms. The first-order valence-electron chi connectivity index (χ1n) is 5.42. The number of carbonyl (C=O) groups is 1. The van der Waals surface area contributed by atoms with Gasteiger partial charge in [0.05, 0.1) is 5.56 Å². The van der Waals surface area contributed by atoms with Crippen LogP contribution in [0.25, 0.3) is 0 Å². The molecule has 0 atom stereocenters. The predicted octanol–water partition coefficient (Wildman–Crippen LogP) is 1.54. The number of benzene rings is 1. The molecule has 0 unspecified atom stereocenters. The molecule has 0 aliphatic carbocycles. The van der Waals surface area contributed by atoms with Crippen molar-refractivity contribution in [3.8, 4) is 11.6 Å². The maximum absolute atomic E-state index is 13.6. The highest BCUT2D eigenvalue weighted by molar-refractivity contribution is 5.95. The van der Waals surface area contributed by atoms with Gasteiger partial charge in [-0.15, -0.1) is 0 Å². The molecule has 0 radical (unpaired) electrons. The minimum atomic E-state index is -1.04. The fourth-order valence-corrected chi connectivity index (χ4v) is 1.49. The van der Waals surface area contributed by atoms with Crippen molar-refractivity contribution in [3.63, 3.8) is 0 Å². The number of nitrogens with two attached hydrogens (primary N) is 2. The number of hydrogen-bond donors (Lipinski definition) is 3. The van der Waals surface area contributed by atoms with Crippen LogP contribution in [0.3, 0.4) is 0 Å². The van der Waals surface area contributed by atoms with Crippen LogP contribution in [0.2, 0.25) is 0 Å². The monoisotopic (exact) mass is 280 g/mol. The fraction of sp³-hybridized carbons (Fsp3) is 0. The molecule has 0 saturated carbocycles. The average molecular weight is 280 g/mol. The summed E-state index contributed by atoms with van der Waals surface area (Å²) >= 11 is 0. The van der Waals surface area contributed by atoms with E-state index in [9.17, 15) is 13.6 Å². The van der Waals surface area contributed by atoms with E-state index >= 15 is 0 Å². The van der Waals surface area contributed by atoms with Crippen LogP contribution in [0.4, 0.5) is 14.6 Å². The average Bonchev–Trinajstić information content (AvgIpc) is 2.42. The molecular formula is C12H10F2N4O2. The van der Waals surface area contributed by atoms with Crippen LogP contribution in [0.1, 0.15) is 10.4 Å². The summed E-state index contributed by atoms with van der Waals surface area (Å²) in [7, 11) is 0. The number of nitrogens with one attached hydrogen (secondary N) is 1. The third-order valence-electron chi connectivity index (χ3n) is 2.39. The molecule has 0 aliphatic rings. The molecule has 1 heterocycles. The lowest BCUT2D eigenvalue weighted by molar-refractivity contribution is 0.0998. The van der Waals surface area contributed by atoms with Crippen molar-refractivity contribution in [1.82, 2.24) is 4.98 Å². The predicted molar refractivity (Wildman–Crippen MR) is 67.0 cm³/mol. The molecule has 0 saturated heterocycles. The van der Waals surface area contributed by atoms with Crippen LogP contribution in [-0.4, -0.2) is 10.9 Å². The molecule has 1 aromatic carbocycles. The number of amides is 1. The number of primary amides is 1. The van der Waals surface area contributed by atoms with E-state index in [1.807, 2.05) is 5.43 Å². The van der Waals surface area contributed by atoms with E-state index in [-0.39, 0.29) is 11.3 Å². The number of nitrogens with zero attached hydrogens (tertiary/aromatic N) is 1. The zero-order valence-corrected chi connectivity index (χ0v) is 10.1. The largest absolute Gasteiger partial charge is 0.436 e. The first kappa shape index (κ1) is 13.7. The van der Waals surface area contributed by atoms with E-state index in [1.165, 1.54) is 12.1 Å². The van der Waals surface area contributed by atoms with Crippen molar-refractivity contribution in [1.29, 1.82) is 0 Å². The van der Waals surface area contributed by atoms with E-state index in [0.29, 0.717) is 6.07 Å². The van der Waals surface area contributed by atoms with Gasteiger partial charge in [0.1, 0.15) is 5.75 Å². The number of ether oxygens (including phenoxy) is 1. The first-order chi connectivity index (χ1) is 9.52. The van der Waals surface area contributed by atoms with Gasteiger partial charge in [-0.25, -0.2) is 14.6 Å². The molecule has 104 valence electrons. The van der Waals surface area contributed by atoms with Crippen LogP contribution in [0.15, 0.2) is 30.3 Å². The van der Waals surface area contributed by atoms with Crippen LogP contribution in [0.5, 0.6) is 11.6 Å². The Morgan fingerprint density at radius 2 is 1.95 bits per heavy atom. The van der Waals surface area contributed by atoms with Crippen molar-refractivity contribution in [2.75, 3.05) is 5.43 Å². The third-order valence-corrected chi connectivity index (χ3v) is 2.39. The molecule has 20 heavy (non-hydrogen) atoms. The molecule has 2 aromatic rings. The summed E-state index contributed by atoms with van der Waals surface area (Å²) in [5.41, 5.74) is 7.16. The number of carbonyl (C=O) groups excluding carboxylic acids is 1. The molecule has 1 aromatic heterocycles. The molecular weight excluding hydrogens is 270 g/mol. The molecule has 5 N–H and O–H groups in total. The van der Waals surface area contributed by atoms with Crippen molar-refractivity contribution in [2.24, 2.45) is 11.6 Å². The number of para-hydroxylation sites is 1. The van der Waals surface area contributed by atoms with E-state index in [4.69, 9.17) is 16.3 Å². The number of nitrogen functional groups attached to an aromatic ring is 1. The van der Waals surface area contributed by atoms with Crippen molar-refractivity contribution in [2.45, 2.75) is 0 Å². The SMILES string of the molecule is NNc1nc(Oc2ccccc2C(N)=O)c(F)cc1F. The summed E-state index contributed by atoms with van der Waals surface area (Å²) in [5, 5.41) is 0. The van der Waals surface area contributed by atoms with Crippen molar-refractivity contribution >= 4 is 11.7 Å². The highest BCUT2D eigenvalue weighted by Gasteiger charge is 2.16. The zero-order valence-electron chi connectivity index (χ0n) is 10.1. The number of halogens is 2. The minimum Gasteiger partial charge on any atom is -0.436 e. The second-order valence-electron chi connectivity index (χ2n) is 3.71. The maximum atomic E-state index is 13.6. The lowest BCUT2D eigenvalue weighted by Crippen LogP contribution is -2.13. The van der Waals surface area contributed by atoms with Gasteiger partial charge < -0.3 is 15.9 Å². The van der Waals surface area contributed by atoms with E-state index in [1.54, 1.807) is 12.1 Å². The number of pyridine rings is 1. The second-order valence-corrected chi connectivity index (χ2v) is 3.71. The summed E-state index contributed by atoms with van der Waals surface area (Å²) < 4.78 is 31.9. The smallest absolute Gasteiger partial charge is 0.258 e. The van der Waals surface area contributed by atoms with Gasteiger partial charge in [0.15, 0.2) is 17.5 Å². The summed E-state index contributed by atoms with van der Waals surface area (Å²) in [4.78, 5) is 14.7. The van der Waals surface area contributed by atoms with Gasteiger partial charge in [-0.05, 0) is 12.1 Å². The second kappa shape index (κ2) is 5.49. The molecule has 0 fully saturated rings. The summed E-state index contributed by atoms with van der Waals surface area (Å²) in [5.74, 6) is 1.35. The van der Waals surface area contributed by atoms with Crippen LogP contribution >= 0.6 is 0 Å². The number of anilines is 1. The Morgan fingerprint density at radius 3 is 2.60 bits per heavy atom. The topological polar surface area (TPSA) is 103 Å². The van der Waals surface area contributed by atoms with E-state index in [2.05, 4.69) is 4.98 Å². The summed E-state index contributed by atoms with van der Waals surface area (Å²) in [6.45, 7) is 0. The molecule has 0 bridgehead atoms. The highest BCUT2D eigenvalue weighted by Crippen LogP contribution is 2.27. The quantitative estimate of drug-likeness (QED) is 0.582. The van der Waals surface area contributed by atoms with Gasteiger partial charge in [-0.3, -0.25) is 4.79 Å². The lowest BCUT2D eigenvalue weighted by atomic mass is 10.2. The van der Waals surface area contributed by atoms with Gasteiger partial charge in [-0.2, -0.15) is 4.98 Å². The van der Waals surface area contributed by atoms with Gasteiger partial charge in [0, 0.05) is 6.07 Å². The number of hydrogen-bond acceptors (Lipinski definition) is 5. The fourth-order valence-electron chi connectivity index (χ4n) is 1.49. The number of rotatable bonds is 4. The first-order valence-corrected chi connectivity index (χ1v) is 5.42. The third kappa shape index (κ3) is 2.64. The van der Waals surface area contributed by atoms with E-state index < -0.39 is 29.2 Å². The molecule has 0 spiro atoms. The summed E-state index contributed by atoms with van der Waals surface area (Å²) in [6.07, 6.45) is 0. The Hall–Kier alpha value is -2.74. The Balaban J connectivity index is 2.42. The standard InChI is InChI=1S/C12H10F2N4O2/c13-7-5-8(14)12(17-11(7)18-16)20-9-4-2-1-3-6(9)10(15)19/h1-5H,16H2,(H2,15,19)(H,17,18). The lowest BCUT2D eigenvalue weighted by Gasteiger charge is -2.10. The number of hydrazine groups is 1. The Morgan fingerprint density at radius 1 is 1.25 bits per heavy atom. The van der Waals surface area contributed by atoms with Crippen molar-refractivity contribution < 1.29 is 18.3 Å². The maximum Gasteiger partial charge on any atom is 0.258 e. The van der Waals surface area contributed by atoms with Crippen LogP contribution in [-0.2, 0) is 0 Å². The normalized spacial score (nSPS) is 10.2. The Kier molecular flexibility index (Phi) is 3.76. The molecule has 1 amide bonds. The molecule has 2 rings (SSSR count). The highest BCUT2D eigenvalue weighted by atomic mass is 19.1.